The van der Waals surface area contributed by atoms with Crippen LogP contribution < -0.4 is 15.1 Å². The number of phenols is 1. The predicted octanol–water partition coefficient (Wildman–Crippen LogP) is 7.14. The smallest absolute Gasteiger partial charge is 0.255 e. The molecule has 4 aromatic carbocycles. The molecular formula is C46H48ClN5O4. The van der Waals surface area contributed by atoms with Crippen LogP contribution in [0, 0.1) is 5.92 Å². The van der Waals surface area contributed by atoms with Gasteiger partial charge in [0.1, 0.15) is 11.8 Å². The minimum atomic E-state index is -0.591. The van der Waals surface area contributed by atoms with E-state index < -0.39 is 6.04 Å². The van der Waals surface area contributed by atoms with Crippen molar-refractivity contribution in [1.82, 2.24) is 15.1 Å². The summed E-state index contributed by atoms with van der Waals surface area (Å²) < 4.78 is 0. The van der Waals surface area contributed by atoms with Crippen LogP contribution in [-0.4, -0.2) is 84.5 Å². The lowest BCUT2D eigenvalue weighted by molar-refractivity contribution is -0.136. The molecule has 10 heteroatoms. The van der Waals surface area contributed by atoms with E-state index in [1.54, 1.807) is 11.0 Å². The number of aromatic hydroxyl groups is 1. The number of hydrogen-bond acceptors (Lipinski definition) is 7. The standard InChI is InChI=1S/C46H48ClN5O4/c47-41-7-2-1-5-39(41)40-6-3-4-32-27-36(53)13-15-37(32)44(40)31-8-10-34(11-9-31)50-20-18-30(19-21-50)28-49-22-24-51(25-23-49)35-12-14-38-33(26-35)29-52(46(38)56)42-16-17-43(54)48-45(42)55/h1-2,5,7-15,26-27,30,42,53H,3-4,6,16-25,28-29H2,(H,48,54,55)/t42-/m0/s1. The zero-order valence-corrected chi connectivity index (χ0v) is 32.4. The van der Waals surface area contributed by atoms with Crippen LogP contribution in [0.2, 0.25) is 5.02 Å². The Hall–Kier alpha value is -5.12. The number of imide groups is 1. The van der Waals surface area contributed by atoms with Gasteiger partial charge in [-0.2, -0.15) is 0 Å². The molecule has 4 aromatic rings. The van der Waals surface area contributed by atoms with Crippen molar-refractivity contribution in [3.8, 4) is 5.75 Å². The third-order valence-corrected chi connectivity index (χ3v) is 13.0. The Morgan fingerprint density at radius 2 is 1.43 bits per heavy atom. The molecule has 0 unspecified atom stereocenters. The van der Waals surface area contributed by atoms with Crippen LogP contribution in [-0.2, 0) is 22.6 Å². The van der Waals surface area contributed by atoms with Crippen molar-refractivity contribution in [1.29, 1.82) is 0 Å². The quantitative estimate of drug-likeness (QED) is 0.193. The Kier molecular flexibility index (Phi) is 10.1. The number of nitrogens with one attached hydrogen (secondary N) is 1. The molecule has 0 bridgehead atoms. The molecule has 3 fully saturated rings. The molecule has 0 radical (unpaired) electrons. The van der Waals surface area contributed by atoms with Crippen molar-refractivity contribution in [2.24, 2.45) is 5.92 Å². The van der Waals surface area contributed by atoms with Gasteiger partial charge in [-0.05, 0) is 132 Å². The van der Waals surface area contributed by atoms with Gasteiger partial charge in [-0.3, -0.25) is 24.6 Å². The number of amides is 3. The second-order valence-electron chi connectivity index (χ2n) is 16.0. The maximum atomic E-state index is 13.2. The minimum Gasteiger partial charge on any atom is -0.508 e. The molecule has 9 nitrogen and oxygen atoms in total. The molecule has 56 heavy (non-hydrogen) atoms. The summed E-state index contributed by atoms with van der Waals surface area (Å²) in [5.41, 5.74) is 11.1. The maximum absolute atomic E-state index is 13.2. The number of piperazine rings is 1. The number of nitrogens with zero attached hydrogens (tertiary/aromatic N) is 4. The number of anilines is 2. The van der Waals surface area contributed by atoms with Crippen LogP contribution in [0.1, 0.15) is 76.7 Å². The lowest BCUT2D eigenvalue weighted by Crippen LogP contribution is -2.52. The van der Waals surface area contributed by atoms with Gasteiger partial charge in [-0.1, -0.05) is 48.0 Å². The summed E-state index contributed by atoms with van der Waals surface area (Å²) in [4.78, 5) is 46.4. The number of carbonyl (C=O) groups is 3. The molecule has 5 aliphatic rings. The number of aryl methyl sites for hydroxylation is 1. The van der Waals surface area contributed by atoms with Crippen molar-refractivity contribution in [2.45, 2.75) is 57.5 Å². The first-order chi connectivity index (χ1) is 27.3. The van der Waals surface area contributed by atoms with E-state index in [2.05, 4.69) is 68.5 Å². The SMILES string of the molecule is O=C1CC[C@H](N2Cc3cc(N4CCN(CC5CCN(c6ccc(C7=C(c8ccccc8Cl)CCCc8cc(O)ccc87)cc6)CC5)CC4)ccc3C2=O)C(=O)N1. The van der Waals surface area contributed by atoms with Crippen molar-refractivity contribution in [3.05, 3.63) is 123 Å². The van der Waals surface area contributed by atoms with E-state index in [0.29, 0.717) is 30.2 Å². The number of phenolic OH excluding ortho intramolecular Hbond substituents is 1. The summed E-state index contributed by atoms with van der Waals surface area (Å²) in [5.74, 6) is 0.207. The molecule has 0 aromatic heterocycles. The number of halogens is 1. The van der Waals surface area contributed by atoms with Crippen molar-refractivity contribution >= 4 is 51.8 Å². The first kappa shape index (κ1) is 36.5. The largest absolute Gasteiger partial charge is 0.508 e. The lowest BCUT2D eigenvalue weighted by atomic mass is 9.87. The molecule has 0 spiro atoms. The van der Waals surface area contributed by atoms with E-state index in [9.17, 15) is 19.5 Å². The lowest BCUT2D eigenvalue weighted by Gasteiger charge is -2.40. The highest BCUT2D eigenvalue weighted by Crippen LogP contribution is 2.43. The first-order valence-corrected chi connectivity index (χ1v) is 20.6. The molecule has 0 saturated carbocycles. The topological polar surface area (TPSA) is 96.4 Å². The van der Waals surface area contributed by atoms with Gasteiger partial charge in [0, 0.05) is 80.7 Å². The third kappa shape index (κ3) is 7.19. The summed E-state index contributed by atoms with van der Waals surface area (Å²) in [6, 6.07) is 28.5. The Morgan fingerprint density at radius 3 is 2.20 bits per heavy atom. The third-order valence-electron chi connectivity index (χ3n) is 12.6. The normalized spacial score (nSPS) is 20.9. The molecule has 3 saturated heterocycles. The number of carbonyl (C=O) groups excluding carboxylic acids is 3. The second-order valence-corrected chi connectivity index (χ2v) is 16.4. The number of rotatable bonds is 7. The van der Waals surface area contributed by atoms with Gasteiger partial charge in [0.05, 0.1) is 0 Å². The molecule has 2 N–H and O–H groups in total. The molecule has 288 valence electrons. The van der Waals surface area contributed by atoms with Crippen molar-refractivity contribution in [2.75, 3.05) is 55.6 Å². The number of allylic oxidation sites excluding steroid dienone is 1. The number of hydrogen-bond donors (Lipinski definition) is 2. The molecular weight excluding hydrogens is 722 g/mol. The summed E-state index contributed by atoms with van der Waals surface area (Å²) in [6.45, 7) is 7.51. The van der Waals surface area contributed by atoms with Gasteiger partial charge in [-0.25, -0.2) is 0 Å². The fourth-order valence-electron chi connectivity index (χ4n) is 9.60. The average molecular weight is 770 g/mol. The van der Waals surface area contributed by atoms with Gasteiger partial charge < -0.3 is 19.8 Å². The van der Waals surface area contributed by atoms with Gasteiger partial charge >= 0.3 is 0 Å². The van der Waals surface area contributed by atoms with E-state index in [1.165, 1.54) is 46.4 Å². The van der Waals surface area contributed by atoms with Crippen LogP contribution in [0.25, 0.3) is 11.1 Å². The van der Waals surface area contributed by atoms with Crippen LogP contribution in [0.5, 0.6) is 5.75 Å². The average Bonchev–Trinajstić information content (AvgIpc) is 3.41. The Balaban J connectivity index is 0.805. The fraction of sp³-hybridized carbons (Fsp3) is 0.370. The van der Waals surface area contributed by atoms with Crippen LogP contribution in [0.4, 0.5) is 11.4 Å². The molecule has 4 aliphatic heterocycles. The summed E-state index contributed by atoms with van der Waals surface area (Å²) >= 11 is 6.79. The molecule has 1 aliphatic carbocycles. The van der Waals surface area contributed by atoms with E-state index in [0.717, 1.165) is 86.9 Å². The number of fused-ring (bicyclic) bond motifs is 2. The Morgan fingerprint density at radius 1 is 0.696 bits per heavy atom. The van der Waals surface area contributed by atoms with E-state index >= 15 is 0 Å². The van der Waals surface area contributed by atoms with Crippen molar-refractivity contribution in [3.63, 3.8) is 0 Å². The molecule has 4 heterocycles. The Labute approximate surface area is 333 Å². The molecule has 1 atom stereocenters. The van der Waals surface area contributed by atoms with Crippen LogP contribution in [0.15, 0.2) is 84.9 Å². The number of benzene rings is 4. The van der Waals surface area contributed by atoms with Gasteiger partial charge in [0.25, 0.3) is 5.91 Å². The summed E-state index contributed by atoms with van der Waals surface area (Å²) in [6.07, 6.45) is 5.80. The van der Waals surface area contributed by atoms with Gasteiger partial charge in [0.2, 0.25) is 11.8 Å². The molecule has 9 rings (SSSR count). The minimum absolute atomic E-state index is 0.127. The maximum Gasteiger partial charge on any atom is 0.255 e. The first-order valence-electron chi connectivity index (χ1n) is 20.2. The highest BCUT2D eigenvalue weighted by atomic mass is 35.5. The van der Waals surface area contributed by atoms with Gasteiger partial charge in [0.15, 0.2) is 0 Å². The highest BCUT2D eigenvalue weighted by Gasteiger charge is 2.39. The Bertz CT molecular complexity index is 2200. The summed E-state index contributed by atoms with van der Waals surface area (Å²) in [7, 11) is 0. The van der Waals surface area contributed by atoms with Crippen LogP contribution in [0.3, 0.4) is 0 Å². The monoisotopic (exact) mass is 769 g/mol. The fourth-order valence-corrected chi connectivity index (χ4v) is 9.85. The van der Waals surface area contributed by atoms with Crippen molar-refractivity contribution < 1.29 is 19.5 Å². The van der Waals surface area contributed by atoms with Crippen LogP contribution >= 0.6 is 11.6 Å². The molecule has 3 amide bonds. The summed E-state index contributed by atoms with van der Waals surface area (Å²) in [5, 5.41) is 13.5. The highest BCUT2D eigenvalue weighted by molar-refractivity contribution is 6.32. The van der Waals surface area contributed by atoms with E-state index in [1.807, 2.05) is 30.3 Å². The van der Waals surface area contributed by atoms with E-state index in [-0.39, 0.29) is 24.1 Å². The second kappa shape index (κ2) is 15.4. The predicted molar refractivity (Wildman–Crippen MR) is 221 cm³/mol. The number of piperidine rings is 2. The van der Waals surface area contributed by atoms with E-state index in [4.69, 9.17) is 11.6 Å². The van der Waals surface area contributed by atoms with Gasteiger partial charge in [-0.15, -0.1) is 0 Å². The zero-order valence-electron chi connectivity index (χ0n) is 31.7. The zero-order chi connectivity index (χ0) is 38.3.